The van der Waals surface area contributed by atoms with E-state index in [0.717, 1.165) is 39.0 Å². The average Bonchev–Trinajstić information content (AvgIpc) is 2.69. The number of nitrogens with zero attached hydrogens (tertiary/aromatic N) is 1. The van der Waals surface area contributed by atoms with Gasteiger partial charge in [0.05, 0.1) is 16.8 Å². The van der Waals surface area contributed by atoms with Crippen molar-refractivity contribution < 1.29 is 4.79 Å². The van der Waals surface area contributed by atoms with Gasteiger partial charge in [-0.25, -0.2) is 0 Å². The fourth-order valence-corrected chi connectivity index (χ4v) is 3.66. The predicted octanol–water partition coefficient (Wildman–Crippen LogP) is 6.08. The Labute approximate surface area is 165 Å². The van der Waals surface area contributed by atoms with E-state index in [2.05, 4.69) is 11.4 Å². The van der Waals surface area contributed by atoms with E-state index in [4.69, 9.17) is 4.98 Å². The van der Waals surface area contributed by atoms with Crippen molar-refractivity contribution in [2.45, 2.75) is 20.8 Å². The lowest BCUT2D eigenvalue weighted by Gasteiger charge is -2.16. The van der Waals surface area contributed by atoms with Gasteiger partial charge in [0.25, 0.3) is 5.91 Å². The Morgan fingerprint density at radius 3 is 2.32 bits per heavy atom. The lowest BCUT2D eigenvalue weighted by molar-refractivity contribution is 0.102. The predicted molar refractivity (Wildman–Crippen MR) is 116 cm³/mol. The number of hydrogen-bond acceptors (Lipinski definition) is 2. The van der Waals surface area contributed by atoms with Crippen molar-refractivity contribution >= 4 is 22.5 Å². The fraction of sp³-hybridized carbons (Fsp3) is 0.120. The van der Waals surface area contributed by atoms with Gasteiger partial charge in [-0.15, -0.1) is 0 Å². The number of fused-ring (bicyclic) bond motifs is 1. The minimum absolute atomic E-state index is 0.137. The summed E-state index contributed by atoms with van der Waals surface area (Å²) in [6, 6.07) is 24.0. The molecule has 3 aromatic carbocycles. The first-order chi connectivity index (χ1) is 13.5. The van der Waals surface area contributed by atoms with Crippen molar-refractivity contribution in [1.82, 2.24) is 4.98 Å². The SMILES string of the molecule is Cc1ccc(NC(=O)c2c(C)nc3ccccc3c2-c2ccccc2)c(C)c1. The summed E-state index contributed by atoms with van der Waals surface area (Å²) in [6.45, 7) is 5.95. The van der Waals surface area contributed by atoms with Crippen LogP contribution in [0, 0.1) is 20.8 Å². The van der Waals surface area contributed by atoms with Gasteiger partial charge in [0, 0.05) is 16.6 Å². The van der Waals surface area contributed by atoms with Gasteiger partial charge >= 0.3 is 0 Å². The Balaban J connectivity index is 1.90. The third-order valence-electron chi connectivity index (χ3n) is 4.99. The first kappa shape index (κ1) is 17.9. The highest BCUT2D eigenvalue weighted by Gasteiger charge is 2.20. The normalized spacial score (nSPS) is 10.8. The number of aromatic nitrogens is 1. The monoisotopic (exact) mass is 366 g/mol. The maximum Gasteiger partial charge on any atom is 0.258 e. The number of hydrogen-bond donors (Lipinski definition) is 1. The van der Waals surface area contributed by atoms with Crippen LogP contribution in [0.2, 0.25) is 0 Å². The molecule has 0 radical (unpaired) electrons. The van der Waals surface area contributed by atoms with Crippen LogP contribution in [0.25, 0.3) is 22.0 Å². The van der Waals surface area contributed by atoms with Crippen LogP contribution in [0.1, 0.15) is 27.2 Å². The molecule has 28 heavy (non-hydrogen) atoms. The molecule has 0 fully saturated rings. The molecule has 0 aliphatic rings. The van der Waals surface area contributed by atoms with Crippen LogP contribution < -0.4 is 5.32 Å². The second-order valence-corrected chi connectivity index (χ2v) is 7.10. The maximum atomic E-state index is 13.4. The third-order valence-corrected chi connectivity index (χ3v) is 4.99. The molecule has 138 valence electrons. The summed E-state index contributed by atoms with van der Waals surface area (Å²) >= 11 is 0. The molecule has 1 heterocycles. The smallest absolute Gasteiger partial charge is 0.258 e. The van der Waals surface area contributed by atoms with Gasteiger partial charge in [-0.05, 0) is 44.0 Å². The van der Waals surface area contributed by atoms with Gasteiger partial charge in [0.1, 0.15) is 0 Å². The zero-order chi connectivity index (χ0) is 19.7. The Morgan fingerprint density at radius 2 is 1.57 bits per heavy atom. The van der Waals surface area contributed by atoms with Crippen LogP contribution in [0.4, 0.5) is 5.69 Å². The van der Waals surface area contributed by atoms with E-state index in [1.807, 2.05) is 87.5 Å². The summed E-state index contributed by atoms with van der Waals surface area (Å²) in [6.07, 6.45) is 0. The van der Waals surface area contributed by atoms with E-state index in [1.165, 1.54) is 5.56 Å². The molecule has 1 amide bonds. The highest BCUT2D eigenvalue weighted by molar-refractivity contribution is 6.14. The molecular weight excluding hydrogens is 344 g/mol. The van der Waals surface area contributed by atoms with Gasteiger partial charge < -0.3 is 5.32 Å². The molecule has 1 aromatic heterocycles. The van der Waals surface area contributed by atoms with Crippen LogP contribution in [-0.4, -0.2) is 10.9 Å². The number of aryl methyl sites for hydroxylation is 3. The molecule has 4 aromatic rings. The zero-order valence-corrected chi connectivity index (χ0v) is 16.3. The van der Waals surface area contributed by atoms with Crippen LogP contribution in [0.3, 0.4) is 0 Å². The molecule has 0 saturated heterocycles. The van der Waals surface area contributed by atoms with Crippen LogP contribution in [0.5, 0.6) is 0 Å². The number of pyridine rings is 1. The zero-order valence-electron chi connectivity index (χ0n) is 16.3. The van der Waals surface area contributed by atoms with E-state index in [9.17, 15) is 4.79 Å². The summed E-state index contributed by atoms with van der Waals surface area (Å²) in [5, 5.41) is 4.07. The van der Waals surface area contributed by atoms with Crippen LogP contribution >= 0.6 is 0 Å². The summed E-state index contributed by atoms with van der Waals surface area (Å²) < 4.78 is 0. The Bertz CT molecular complexity index is 1180. The minimum Gasteiger partial charge on any atom is -0.322 e. The average molecular weight is 366 g/mol. The van der Waals surface area contributed by atoms with Crippen molar-refractivity contribution in [3.8, 4) is 11.1 Å². The topological polar surface area (TPSA) is 42.0 Å². The largest absolute Gasteiger partial charge is 0.322 e. The highest BCUT2D eigenvalue weighted by atomic mass is 16.1. The summed E-state index contributed by atoms with van der Waals surface area (Å²) in [5.41, 5.74) is 7.19. The molecule has 3 heteroatoms. The summed E-state index contributed by atoms with van der Waals surface area (Å²) in [4.78, 5) is 18.1. The molecule has 4 rings (SSSR count). The van der Waals surface area contributed by atoms with E-state index in [-0.39, 0.29) is 5.91 Å². The molecule has 0 unspecified atom stereocenters. The van der Waals surface area contributed by atoms with E-state index < -0.39 is 0 Å². The lowest BCUT2D eigenvalue weighted by atomic mass is 9.93. The number of amides is 1. The van der Waals surface area contributed by atoms with Crippen molar-refractivity contribution in [1.29, 1.82) is 0 Å². The van der Waals surface area contributed by atoms with Crippen molar-refractivity contribution in [2.24, 2.45) is 0 Å². The van der Waals surface area contributed by atoms with E-state index in [1.54, 1.807) is 0 Å². The van der Waals surface area contributed by atoms with E-state index in [0.29, 0.717) is 5.56 Å². The minimum atomic E-state index is -0.137. The first-order valence-electron chi connectivity index (χ1n) is 9.38. The Hall–Kier alpha value is -3.46. The second-order valence-electron chi connectivity index (χ2n) is 7.10. The molecule has 0 aliphatic carbocycles. The molecular formula is C25H22N2O. The molecule has 0 bridgehead atoms. The van der Waals surface area contributed by atoms with Gasteiger partial charge in [-0.2, -0.15) is 0 Å². The van der Waals surface area contributed by atoms with Crippen LogP contribution in [-0.2, 0) is 0 Å². The molecule has 1 N–H and O–H groups in total. The number of anilines is 1. The van der Waals surface area contributed by atoms with Crippen molar-refractivity contribution in [3.63, 3.8) is 0 Å². The van der Waals surface area contributed by atoms with Gasteiger partial charge in [-0.1, -0.05) is 66.2 Å². The number of rotatable bonds is 3. The lowest BCUT2D eigenvalue weighted by Crippen LogP contribution is -2.16. The summed E-state index contributed by atoms with van der Waals surface area (Å²) in [5.74, 6) is -0.137. The van der Waals surface area contributed by atoms with Gasteiger partial charge in [0.2, 0.25) is 0 Å². The Kier molecular flexibility index (Phi) is 4.66. The maximum absolute atomic E-state index is 13.4. The van der Waals surface area contributed by atoms with Crippen molar-refractivity contribution in [3.05, 3.63) is 95.2 Å². The molecule has 0 aliphatic heterocycles. The van der Waals surface area contributed by atoms with Crippen molar-refractivity contribution in [2.75, 3.05) is 5.32 Å². The van der Waals surface area contributed by atoms with Crippen LogP contribution in [0.15, 0.2) is 72.8 Å². The molecule has 0 spiro atoms. The van der Waals surface area contributed by atoms with Gasteiger partial charge in [0.15, 0.2) is 0 Å². The number of carbonyl (C=O) groups is 1. The first-order valence-corrected chi connectivity index (χ1v) is 9.38. The molecule has 3 nitrogen and oxygen atoms in total. The number of benzene rings is 3. The Morgan fingerprint density at radius 1 is 0.857 bits per heavy atom. The molecule has 0 atom stereocenters. The molecule has 0 saturated carbocycles. The second kappa shape index (κ2) is 7.28. The number of nitrogens with one attached hydrogen (secondary N) is 1. The fourth-order valence-electron chi connectivity index (χ4n) is 3.66. The third kappa shape index (κ3) is 3.27. The quantitative estimate of drug-likeness (QED) is 0.477. The van der Waals surface area contributed by atoms with E-state index >= 15 is 0 Å². The number of para-hydroxylation sites is 1. The standard InChI is InChI=1S/C25H22N2O/c1-16-13-14-21(17(2)15-16)27-25(28)23-18(3)26-22-12-8-7-11-20(22)24(23)19-9-5-4-6-10-19/h4-15H,1-3H3,(H,27,28). The summed E-state index contributed by atoms with van der Waals surface area (Å²) in [7, 11) is 0. The van der Waals surface area contributed by atoms with Gasteiger partial charge in [-0.3, -0.25) is 9.78 Å². The highest BCUT2D eigenvalue weighted by Crippen LogP contribution is 2.33. The number of carbonyl (C=O) groups excluding carboxylic acids is 1.